The standard InChI is InChI=1S/C16H22N2O/c1-3-9-18-10-5-7-15(18)12-17-13(2)14-6-4-8-16(19)11-14/h4-8,10-11,13,17,19H,3,9,12H2,1-2H3. The number of aryl methyl sites for hydroxylation is 1. The Morgan fingerprint density at radius 1 is 1.26 bits per heavy atom. The van der Waals surface area contributed by atoms with Crippen LogP contribution in [0.2, 0.25) is 0 Å². The third-order valence-corrected chi connectivity index (χ3v) is 3.35. The van der Waals surface area contributed by atoms with Crippen molar-refractivity contribution in [3.05, 3.63) is 53.9 Å². The number of phenolic OH excluding ortho intramolecular Hbond substituents is 1. The molecule has 2 aromatic rings. The van der Waals surface area contributed by atoms with Gasteiger partial charge in [-0.15, -0.1) is 0 Å². The maximum absolute atomic E-state index is 9.50. The highest BCUT2D eigenvalue weighted by molar-refractivity contribution is 5.29. The van der Waals surface area contributed by atoms with Gasteiger partial charge in [0.05, 0.1) is 0 Å². The predicted molar refractivity (Wildman–Crippen MR) is 78.1 cm³/mol. The number of benzene rings is 1. The lowest BCUT2D eigenvalue weighted by Gasteiger charge is -2.16. The molecule has 1 aromatic heterocycles. The summed E-state index contributed by atoms with van der Waals surface area (Å²) in [6.45, 7) is 6.20. The lowest BCUT2D eigenvalue weighted by molar-refractivity contribution is 0.471. The number of hydrogen-bond donors (Lipinski definition) is 2. The normalized spacial score (nSPS) is 12.5. The predicted octanol–water partition coefficient (Wildman–Crippen LogP) is 3.45. The molecule has 0 bridgehead atoms. The van der Waals surface area contributed by atoms with Crippen LogP contribution in [0.1, 0.15) is 37.6 Å². The fraction of sp³-hybridized carbons (Fsp3) is 0.375. The average Bonchev–Trinajstić information content (AvgIpc) is 2.84. The second-order valence-electron chi connectivity index (χ2n) is 4.89. The maximum Gasteiger partial charge on any atom is 0.115 e. The van der Waals surface area contributed by atoms with E-state index in [0.717, 1.165) is 25.1 Å². The van der Waals surface area contributed by atoms with Gasteiger partial charge in [-0.2, -0.15) is 0 Å². The Bertz CT molecular complexity index is 519. The minimum absolute atomic E-state index is 0.220. The van der Waals surface area contributed by atoms with Crippen molar-refractivity contribution in [1.29, 1.82) is 0 Å². The van der Waals surface area contributed by atoms with Crippen molar-refractivity contribution in [2.75, 3.05) is 0 Å². The summed E-state index contributed by atoms with van der Waals surface area (Å²) < 4.78 is 2.28. The van der Waals surface area contributed by atoms with Crippen molar-refractivity contribution in [2.45, 2.75) is 39.4 Å². The van der Waals surface area contributed by atoms with Gasteiger partial charge in [0.25, 0.3) is 0 Å². The van der Waals surface area contributed by atoms with Crippen LogP contribution in [-0.4, -0.2) is 9.67 Å². The molecule has 0 saturated carbocycles. The van der Waals surface area contributed by atoms with Crippen molar-refractivity contribution in [2.24, 2.45) is 0 Å². The zero-order valence-electron chi connectivity index (χ0n) is 11.6. The Balaban J connectivity index is 1.96. The van der Waals surface area contributed by atoms with Gasteiger partial charge in [0.15, 0.2) is 0 Å². The molecule has 0 spiro atoms. The number of phenols is 1. The van der Waals surface area contributed by atoms with Gasteiger partial charge < -0.3 is 15.0 Å². The quantitative estimate of drug-likeness (QED) is 0.832. The molecule has 2 N–H and O–H groups in total. The molecule has 0 fully saturated rings. The van der Waals surface area contributed by atoms with E-state index in [1.54, 1.807) is 6.07 Å². The Hall–Kier alpha value is -1.74. The summed E-state index contributed by atoms with van der Waals surface area (Å²) in [4.78, 5) is 0. The summed E-state index contributed by atoms with van der Waals surface area (Å²) in [5.41, 5.74) is 2.41. The molecule has 0 radical (unpaired) electrons. The van der Waals surface area contributed by atoms with E-state index in [0.29, 0.717) is 5.75 Å². The summed E-state index contributed by atoms with van der Waals surface area (Å²) in [5.74, 6) is 0.320. The highest BCUT2D eigenvalue weighted by atomic mass is 16.3. The van der Waals surface area contributed by atoms with Crippen LogP contribution in [0.25, 0.3) is 0 Å². The van der Waals surface area contributed by atoms with E-state index < -0.39 is 0 Å². The van der Waals surface area contributed by atoms with Gasteiger partial charge in [0.2, 0.25) is 0 Å². The Labute approximate surface area is 114 Å². The summed E-state index contributed by atoms with van der Waals surface area (Å²) in [6.07, 6.45) is 3.27. The van der Waals surface area contributed by atoms with Gasteiger partial charge >= 0.3 is 0 Å². The second-order valence-corrected chi connectivity index (χ2v) is 4.89. The van der Waals surface area contributed by atoms with Crippen LogP contribution in [0.5, 0.6) is 5.75 Å². The van der Waals surface area contributed by atoms with Crippen LogP contribution in [-0.2, 0) is 13.1 Å². The van der Waals surface area contributed by atoms with E-state index >= 15 is 0 Å². The molecule has 102 valence electrons. The van der Waals surface area contributed by atoms with Crippen molar-refractivity contribution in [3.8, 4) is 5.75 Å². The van der Waals surface area contributed by atoms with Crippen LogP contribution in [0.4, 0.5) is 0 Å². The van der Waals surface area contributed by atoms with Crippen molar-refractivity contribution < 1.29 is 5.11 Å². The molecule has 1 aromatic carbocycles. The molecule has 19 heavy (non-hydrogen) atoms. The van der Waals surface area contributed by atoms with Crippen LogP contribution in [0.3, 0.4) is 0 Å². The third kappa shape index (κ3) is 3.61. The Kier molecular flexibility index (Phi) is 4.63. The fourth-order valence-corrected chi connectivity index (χ4v) is 2.24. The number of nitrogens with zero attached hydrogens (tertiary/aromatic N) is 1. The molecule has 0 aliphatic carbocycles. The number of rotatable bonds is 6. The van der Waals surface area contributed by atoms with Gasteiger partial charge in [-0.3, -0.25) is 0 Å². The van der Waals surface area contributed by atoms with Crippen molar-refractivity contribution >= 4 is 0 Å². The van der Waals surface area contributed by atoms with E-state index in [1.807, 2.05) is 18.2 Å². The minimum Gasteiger partial charge on any atom is -0.508 e. The Morgan fingerprint density at radius 2 is 2.11 bits per heavy atom. The molecule has 0 aliphatic heterocycles. The number of hydrogen-bond acceptors (Lipinski definition) is 2. The average molecular weight is 258 g/mol. The topological polar surface area (TPSA) is 37.2 Å². The van der Waals surface area contributed by atoms with E-state index in [9.17, 15) is 5.11 Å². The van der Waals surface area contributed by atoms with Crippen molar-refractivity contribution in [3.63, 3.8) is 0 Å². The first kappa shape index (κ1) is 13.7. The molecule has 0 amide bonds. The number of nitrogens with one attached hydrogen (secondary N) is 1. The van der Waals surface area contributed by atoms with Crippen LogP contribution >= 0.6 is 0 Å². The first-order valence-electron chi connectivity index (χ1n) is 6.87. The third-order valence-electron chi connectivity index (χ3n) is 3.35. The molecular formula is C16H22N2O. The molecular weight excluding hydrogens is 236 g/mol. The smallest absolute Gasteiger partial charge is 0.115 e. The molecule has 2 rings (SSSR count). The van der Waals surface area contributed by atoms with E-state index in [2.05, 4.69) is 42.1 Å². The first-order valence-corrected chi connectivity index (χ1v) is 6.87. The molecule has 0 saturated heterocycles. The zero-order chi connectivity index (χ0) is 13.7. The van der Waals surface area contributed by atoms with E-state index in [-0.39, 0.29) is 6.04 Å². The molecule has 3 heteroatoms. The number of aromatic hydroxyl groups is 1. The summed E-state index contributed by atoms with van der Waals surface area (Å²) in [7, 11) is 0. The van der Waals surface area contributed by atoms with Crippen molar-refractivity contribution in [1.82, 2.24) is 9.88 Å². The Morgan fingerprint density at radius 3 is 2.84 bits per heavy atom. The van der Waals surface area contributed by atoms with Gasteiger partial charge in [-0.05, 0) is 43.2 Å². The SMILES string of the molecule is CCCn1cccc1CNC(C)c1cccc(O)c1. The fourth-order valence-electron chi connectivity index (χ4n) is 2.24. The van der Waals surface area contributed by atoms with Gasteiger partial charge in [-0.25, -0.2) is 0 Å². The minimum atomic E-state index is 0.220. The molecule has 1 atom stereocenters. The molecule has 3 nitrogen and oxygen atoms in total. The molecule has 1 heterocycles. The first-order chi connectivity index (χ1) is 9.20. The van der Waals surface area contributed by atoms with Crippen LogP contribution < -0.4 is 5.32 Å². The lowest BCUT2D eigenvalue weighted by Crippen LogP contribution is -2.20. The summed E-state index contributed by atoms with van der Waals surface area (Å²) >= 11 is 0. The maximum atomic E-state index is 9.50. The number of aromatic nitrogens is 1. The highest BCUT2D eigenvalue weighted by Gasteiger charge is 2.07. The van der Waals surface area contributed by atoms with E-state index in [1.165, 1.54) is 5.69 Å². The largest absolute Gasteiger partial charge is 0.508 e. The molecule has 0 aliphatic rings. The van der Waals surface area contributed by atoms with E-state index in [4.69, 9.17) is 0 Å². The van der Waals surface area contributed by atoms with Crippen LogP contribution in [0, 0.1) is 0 Å². The summed E-state index contributed by atoms with van der Waals surface area (Å²) in [6, 6.07) is 11.9. The monoisotopic (exact) mass is 258 g/mol. The summed E-state index contributed by atoms with van der Waals surface area (Å²) in [5, 5.41) is 13.0. The highest BCUT2D eigenvalue weighted by Crippen LogP contribution is 2.18. The molecule has 1 unspecified atom stereocenters. The zero-order valence-corrected chi connectivity index (χ0v) is 11.6. The lowest BCUT2D eigenvalue weighted by atomic mass is 10.1. The van der Waals surface area contributed by atoms with Gasteiger partial charge in [0, 0.05) is 31.0 Å². The van der Waals surface area contributed by atoms with Gasteiger partial charge in [0.1, 0.15) is 5.75 Å². The van der Waals surface area contributed by atoms with Gasteiger partial charge in [-0.1, -0.05) is 19.1 Å². The van der Waals surface area contributed by atoms with Crippen LogP contribution in [0.15, 0.2) is 42.6 Å². The second kappa shape index (κ2) is 6.43.